The summed E-state index contributed by atoms with van der Waals surface area (Å²) in [5.74, 6) is 0.0658. The lowest BCUT2D eigenvalue weighted by Gasteiger charge is -2.39. The van der Waals surface area contributed by atoms with E-state index < -0.39 is 6.09 Å². The van der Waals surface area contributed by atoms with Gasteiger partial charge in [-0.2, -0.15) is 15.4 Å². The minimum atomic E-state index is -0.480. The van der Waals surface area contributed by atoms with Crippen molar-refractivity contribution in [2.45, 2.75) is 57.0 Å². The van der Waals surface area contributed by atoms with Crippen molar-refractivity contribution in [3.63, 3.8) is 0 Å². The Labute approximate surface area is 234 Å². The van der Waals surface area contributed by atoms with E-state index in [2.05, 4.69) is 28.2 Å². The van der Waals surface area contributed by atoms with E-state index in [1.54, 1.807) is 12.3 Å². The van der Waals surface area contributed by atoms with Crippen molar-refractivity contribution in [3.8, 4) is 17.2 Å². The van der Waals surface area contributed by atoms with Gasteiger partial charge < -0.3 is 9.64 Å². The zero-order valence-corrected chi connectivity index (χ0v) is 22.4. The van der Waals surface area contributed by atoms with Crippen LogP contribution in [0, 0.1) is 17.2 Å². The van der Waals surface area contributed by atoms with Gasteiger partial charge in [0, 0.05) is 35.5 Å². The number of fused-ring (bicyclic) bond motifs is 1. The van der Waals surface area contributed by atoms with Crippen LogP contribution < -0.4 is 0 Å². The largest absolute Gasteiger partial charge is 0.443 e. The number of amides is 2. The van der Waals surface area contributed by atoms with Crippen molar-refractivity contribution in [1.82, 2.24) is 9.91 Å². The molecule has 7 nitrogen and oxygen atoms in total. The van der Waals surface area contributed by atoms with Crippen molar-refractivity contribution < 1.29 is 14.3 Å². The minimum absolute atomic E-state index is 0.0138. The van der Waals surface area contributed by atoms with E-state index in [0.717, 1.165) is 60.9 Å². The molecule has 2 saturated carbocycles. The average molecular weight is 533 g/mol. The van der Waals surface area contributed by atoms with Crippen LogP contribution in [0.15, 0.2) is 89.7 Å². The van der Waals surface area contributed by atoms with E-state index in [1.165, 1.54) is 5.01 Å². The molecule has 2 amide bonds. The summed E-state index contributed by atoms with van der Waals surface area (Å²) in [5.41, 5.74) is 4.81. The van der Waals surface area contributed by atoms with Crippen molar-refractivity contribution in [2.24, 2.45) is 11.0 Å². The zero-order chi connectivity index (χ0) is 27.5. The van der Waals surface area contributed by atoms with Crippen LogP contribution >= 0.6 is 0 Å². The average Bonchev–Trinajstić information content (AvgIpc) is 3.85. The number of rotatable bonds is 6. The van der Waals surface area contributed by atoms with Crippen LogP contribution in [0.4, 0.5) is 4.79 Å². The number of carbonyl (C=O) groups excluding carboxylic acids is 2. The second-order valence-corrected chi connectivity index (χ2v) is 10.8. The molecule has 1 aliphatic heterocycles. The van der Waals surface area contributed by atoms with Gasteiger partial charge in [0.15, 0.2) is 0 Å². The first kappa shape index (κ1) is 25.8. The van der Waals surface area contributed by atoms with Gasteiger partial charge in [-0.15, -0.1) is 0 Å². The molecule has 0 spiro atoms. The maximum atomic E-state index is 13.8. The van der Waals surface area contributed by atoms with Crippen LogP contribution in [0.25, 0.3) is 11.1 Å². The third-order valence-electron chi connectivity index (χ3n) is 8.04. The van der Waals surface area contributed by atoms with E-state index >= 15 is 0 Å². The standard InChI is InChI=1S/C33H32N4O3/c34-21-27-19-26(11-15-30(27)24-9-5-2-6-10-24)32(38)37(28-12-13-28)29-14-16-31-25(20-29)17-18-36(35-31)33(39)40-22-23-7-3-1-4-8-23/h2-3,5-11,15,17-19,25,28-29H,1,4,12-14,16,20,22H2. The van der Waals surface area contributed by atoms with Gasteiger partial charge in [0.2, 0.25) is 0 Å². The van der Waals surface area contributed by atoms with Gasteiger partial charge in [0.05, 0.1) is 11.6 Å². The van der Waals surface area contributed by atoms with Crippen LogP contribution in [0.3, 0.4) is 0 Å². The molecule has 1 heterocycles. The highest BCUT2D eigenvalue weighted by Crippen LogP contribution is 2.38. The van der Waals surface area contributed by atoms with E-state index in [9.17, 15) is 14.9 Å². The summed E-state index contributed by atoms with van der Waals surface area (Å²) in [4.78, 5) is 28.5. The fraction of sp³-hybridized carbons (Fsp3) is 0.333. The van der Waals surface area contributed by atoms with E-state index in [0.29, 0.717) is 17.5 Å². The van der Waals surface area contributed by atoms with Crippen LogP contribution in [0.2, 0.25) is 0 Å². The number of nitrogens with zero attached hydrogens (tertiary/aromatic N) is 4. The summed E-state index contributed by atoms with van der Waals surface area (Å²) in [6, 6.07) is 17.8. The monoisotopic (exact) mass is 532 g/mol. The molecule has 202 valence electrons. The topological polar surface area (TPSA) is 86.0 Å². The number of hydrazone groups is 1. The van der Waals surface area contributed by atoms with Crippen molar-refractivity contribution in [3.05, 3.63) is 95.7 Å². The normalized spacial score (nSPS) is 21.5. The fourth-order valence-corrected chi connectivity index (χ4v) is 5.83. The Bertz CT molecular complexity index is 1460. The molecule has 0 N–H and O–H groups in total. The molecule has 40 heavy (non-hydrogen) atoms. The molecule has 2 aromatic carbocycles. The number of nitriles is 1. The molecular formula is C33H32N4O3. The number of benzene rings is 2. The first-order valence-corrected chi connectivity index (χ1v) is 14.1. The molecule has 2 atom stereocenters. The lowest BCUT2D eigenvalue weighted by Crippen LogP contribution is -2.46. The van der Waals surface area contributed by atoms with Crippen molar-refractivity contribution >= 4 is 17.7 Å². The van der Waals surface area contributed by atoms with Crippen LogP contribution in [-0.4, -0.2) is 46.3 Å². The van der Waals surface area contributed by atoms with Crippen molar-refractivity contribution in [1.29, 1.82) is 5.26 Å². The second-order valence-electron chi connectivity index (χ2n) is 10.8. The molecule has 0 bridgehead atoms. The molecule has 2 aromatic rings. The summed E-state index contributed by atoms with van der Waals surface area (Å²) < 4.78 is 5.47. The summed E-state index contributed by atoms with van der Waals surface area (Å²) in [6.07, 6.45) is 15.7. The highest BCUT2D eigenvalue weighted by Gasteiger charge is 2.41. The smallest absolute Gasteiger partial charge is 0.434 e. The maximum Gasteiger partial charge on any atom is 0.434 e. The summed E-state index contributed by atoms with van der Waals surface area (Å²) in [6.45, 7) is 0.244. The van der Waals surface area contributed by atoms with Gasteiger partial charge in [-0.1, -0.05) is 60.7 Å². The third kappa shape index (κ3) is 5.48. The van der Waals surface area contributed by atoms with Gasteiger partial charge >= 0.3 is 6.09 Å². The number of allylic oxidation sites excluding steroid dienone is 3. The summed E-state index contributed by atoms with van der Waals surface area (Å²) in [5, 5.41) is 15.7. The Morgan fingerprint density at radius 2 is 1.93 bits per heavy atom. The maximum absolute atomic E-state index is 13.8. The zero-order valence-electron chi connectivity index (χ0n) is 22.4. The third-order valence-corrected chi connectivity index (χ3v) is 8.04. The highest BCUT2D eigenvalue weighted by molar-refractivity contribution is 5.97. The Morgan fingerprint density at radius 3 is 2.67 bits per heavy atom. The predicted molar refractivity (Wildman–Crippen MR) is 153 cm³/mol. The van der Waals surface area contributed by atoms with Crippen molar-refractivity contribution in [2.75, 3.05) is 6.61 Å². The Morgan fingerprint density at radius 1 is 1.07 bits per heavy atom. The summed E-state index contributed by atoms with van der Waals surface area (Å²) in [7, 11) is 0. The van der Waals surface area contributed by atoms with Gasteiger partial charge in [-0.05, 0) is 73.8 Å². The Kier molecular flexibility index (Phi) is 7.33. The highest BCUT2D eigenvalue weighted by atomic mass is 16.6. The minimum Gasteiger partial charge on any atom is -0.443 e. The SMILES string of the molecule is N#Cc1cc(C(=O)N(C2CC2)C2CCC3=NN(C(=O)OCC4=CCCC=C4)C=CC3C2)ccc1-c1ccccc1. The fourth-order valence-electron chi connectivity index (χ4n) is 5.83. The van der Waals surface area contributed by atoms with Gasteiger partial charge in [0.25, 0.3) is 5.91 Å². The van der Waals surface area contributed by atoms with Gasteiger partial charge in [-0.25, -0.2) is 4.79 Å². The van der Waals surface area contributed by atoms with Gasteiger partial charge in [-0.3, -0.25) is 4.79 Å². The molecule has 6 rings (SSSR count). The Hall–Kier alpha value is -4.44. The van der Waals surface area contributed by atoms with Crippen LogP contribution in [0.5, 0.6) is 0 Å². The molecule has 0 saturated heterocycles. The number of carbonyl (C=O) groups is 2. The lowest BCUT2D eigenvalue weighted by atomic mass is 9.82. The number of ether oxygens (including phenoxy) is 1. The first-order chi connectivity index (χ1) is 19.6. The molecule has 2 unspecified atom stereocenters. The first-order valence-electron chi connectivity index (χ1n) is 14.1. The van der Waals surface area contributed by atoms with Gasteiger partial charge in [0.1, 0.15) is 6.61 Å². The van der Waals surface area contributed by atoms with E-state index in [-0.39, 0.29) is 30.5 Å². The molecule has 0 radical (unpaired) electrons. The predicted octanol–water partition coefficient (Wildman–Crippen LogP) is 6.60. The quantitative estimate of drug-likeness (QED) is 0.420. The molecule has 3 aliphatic carbocycles. The second kappa shape index (κ2) is 11.4. The number of hydrogen-bond donors (Lipinski definition) is 0. The Balaban J connectivity index is 1.13. The molecule has 7 heteroatoms. The molecule has 2 fully saturated rings. The van der Waals surface area contributed by atoms with Crippen LogP contribution in [-0.2, 0) is 4.74 Å². The van der Waals surface area contributed by atoms with E-state index in [1.807, 2.05) is 54.6 Å². The molecule has 4 aliphatic rings. The molecular weight excluding hydrogens is 500 g/mol. The summed E-state index contributed by atoms with van der Waals surface area (Å²) >= 11 is 0. The molecule has 0 aromatic heterocycles. The van der Waals surface area contributed by atoms with Crippen LogP contribution in [0.1, 0.15) is 60.9 Å². The number of hydrogen-bond acceptors (Lipinski definition) is 5. The van der Waals surface area contributed by atoms with E-state index in [4.69, 9.17) is 4.74 Å². The lowest BCUT2D eigenvalue weighted by molar-refractivity contribution is 0.0625.